The molecule has 0 spiro atoms. The number of amides is 1. The van der Waals surface area contributed by atoms with Crippen molar-refractivity contribution in [3.8, 4) is 11.3 Å². The maximum absolute atomic E-state index is 11.7. The molecule has 2 atom stereocenters. The van der Waals surface area contributed by atoms with Gasteiger partial charge in [0.05, 0.1) is 11.9 Å². The van der Waals surface area contributed by atoms with Gasteiger partial charge >= 0.3 is 0 Å². The van der Waals surface area contributed by atoms with Gasteiger partial charge in [0.25, 0.3) is 0 Å². The van der Waals surface area contributed by atoms with Crippen LogP contribution in [-0.2, 0) is 18.4 Å². The number of nitrogens with one attached hydrogen (secondary N) is 2. The topological polar surface area (TPSA) is 118 Å². The van der Waals surface area contributed by atoms with Crippen LogP contribution in [-0.4, -0.2) is 31.8 Å². The predicted molar refractivity (Wildman–Crippen MR) is 94.3 cm³/mol. The lowest BCUT2D eigenvalue weighted by Gasteiger charge is -2.19. The second kappa shape index (κ2) is 6.81. The number of hydrogen-bond acceptors (Lipinski definition) is 6. The lowest BCUT2D eigenvalue weighted by Crippen LogP contribution is -2.36. The summed E-state index contributed by atoms with van der Waals surface area (Å²) in [5, 5.41) is 20.6. The molecule has 1 aliphatic heterocycles. The number of anilines is 1. The summed E-state index contributed by atoms with van der Waals surface area (Å²) in [6.07, 6.45) is 3.40. The van der Waals surface area contributed by atoms with E-state index < -0.39 is 18.2 Å². The Morgan fingerprint density at radius 2 is 2.32 bits per heavy atom. The number of carbonyl (C=O) groups is 1. The standard InChI is InChI=1S/C17H24N6O2/c1-9(2)4-12(16(18)24)21-13-5-10-6-19-17(25)14(10)15(22-13)11-7-20-23(3)8-11/h5,7-9,12,17,19,25H,4,6H2,1-3H3,(H2,18,24)(H,21,22)/t12-,17?/m1/s1. The molecular formula is C17H24N6O2. The van der Waals surface area contributed by atoms with Gasteiger partial charge in [-0.3, -0.25) is 14.8 Å². The third kappa shape index (κ3) is 3.64. The van der Waals surface area contributed by atoms with Gasteiger partial charge < -0.3 is 16.2 Å². The van der Waals surface area contributed by atoms with Crippen LogP contribution in [0.15, 0.2) is 18.5 Å². The van der Waals surface area contributed by atoms with Gasteiger partial charge in [0, 0.05) is 30.9 Å². The Kier molecular flexibility index (Phi) is 4.73. The smallest absolute Gasteiger partial charge is 0.239 e. The molecule has 8 heteroatoms. The minimum absolute atomic E-state index is 0.320. The molecule has 2 aromatic rings. The van der Waals surface area contributed by atoms with Crippen LogP contribution in [0.3, 0.4) is 0 Å². The summed E-state index contributed by atoms with van der Waals surface area (Å²) in [6, 6.07) is 1.36. The average molecular weight is 344 g/mol. The van der Waals surface area contributed by atoms with Crippen LogP contribution in [0.25, 0.3) is 11.3 Å². The zero-order chi connectivity index (χ0) is 18.1. The van der Waals surface area contributed by atoms with Gasteiger partial charge in [-0.2, -0.15) is 5.10 Å². The first-order chi connectivity index (χ1) is 11.8. The number of aromatic nitrogens is 3. The number of hydrogen-bond donors (Lipinski definition) is 4. The van der Waals surface area contributed by atoms with Gasteiger partial charge in [-0.1, -0.05) is 13.8 Å². The number of primary amides is 1. The largest absolute Gasteiger partial charge is 0.374 e. The Balaban J connectivity index is 2.00. The van der Waals surface area contributed by atoms with Gasteiger partial charge in [-0.15, -0.1) is 0 Å². The highest BCUT2D eigenvalue weighted by Crippen LogP contribution is 2.34. The Labute approximate surface area is 146 Å². The van der Waals surface area contributed by atoms with Crippen molar-refractivity contribution in [1.82, 2.24) is 20.1 Å². The zero-order valence-corrected chi connectivity index (χ0v) is 14.7. The lowest BCUT2D eigenvalue weighted by atomic mass is 10.0. The summed E-state index contributed by atoms with van der Waals surface area (Å²) < 4.78 is 1.68. The number of aliphatic hydroxyl groups excluding tert-OH is 1. The highest BCUT2D eigenvalue weighted by Gasteiger charge is 2.27. The molecule has 5 N–H and O–H groups in total. The van der Waals surface area contributed by atoms with E-state index in [2.05, 4.69) is 20.7 Å². The van der Waals surface area contributed by atoms with Gasteiger partial charge in [-0.25, -0.2) is 4.98 Å². The second-order valence-corrected chi connectivity index (χ2v) is 6.84. The molecule has 0 aliphatic carbocycles. The van der Waals surface area contributed by atoms with Crippen molar-refractivity contribution in [3.05, 3.63) is 29.6 Å². The van der Waals surface area contributed by atoms with E-state index in [0.717, 1.165) is 16.7 Å². The van der Waals surface area contributed by atoms with Crippen LogP contribution in [0.4, 0.5) is 5.82 Å². The summed E-state index contributed by atoms with van der Waals surface area (Å²) in [7, 11) is 1.83. The number of rotatable bonds is 6. The first kappa shape index (κ1) is 17.4. The third-order valence-corrected chi connectivity index (χ3v) is 4.25. The SMILES string of the molecule is CC(C)C[C@@H](Nc1cc2c(c(-c3cnn(C)c3)n1)C(O)NC2)C(N)=O. The van der Waals surface area contributed by atoms with Crippen LogP contribution >= 0.6 is 0 Å². The molecule has 1 unspecified atom stereocenters. The second-order valence-electron chi connectivity index (χ2n) is 6.84. The number of nitrogens with zero attached hydrogens (tertiary/aromatic N) is 3. The van der Waals surface area contributed by atoms with Crippen molar-refractivity contribution in [1.29, 1.82) is 0 Å². The molecule has 1 aliphatic rings. The summed E-state index contributed by atoms with van der Waals surface area (Å²) in [5.74, 6) is 0.482. The zero-order valence-electron chi connectivity index (χ0n) is 14.7. The maximum Gasteiger partial charge on any atom is 0.239 e. The Bertz CT molecular complexity index is 785. The van der Waals surface area contributed by atoms with E-state index in [-0.39, 0.29) is 0 Å². The van der Waals surface area contributed by atoms with Gasteiger partial charge in [0.1, 0.15) is 18.1 Å². The van der Waals surface area contributed by atoms with Crippen molar-refractivity contribution >= 4 is 11.7 Å². The fourth-order valence-corrected chi connectivity index (χ4v) is 3.10. The first-order valence-corrected chi connectivity index (χ1v) is 8.35. The van der Waals surface area contributed by atoms with E-state index in [0.29, 0.717) is 30.4 Å². The number of carbonyl (C=O) groups excluding carboxylic acids is 1. The molecule has 25 heavy (non-hydrogen) atoms. The summed E-state index contributed by atoms with van der Waals surface area (Å²) >= 11 is 0. The molecule has 2 aromatic heterocycles. The number of nitrogens with two attached hydrogens (primary N) is 1. The van der Waals surface area contributed by atoms with Crippen LogP contribution in [0.2, 0.25) is 0 Å². The van der Waals surface area contributed by atoms with Gasteiger partial charge in [0.15, 0.2) is 0 Å². The quantitative estimate of drug-likeness (QED) is 0.618. The van der Waals surface area contributed by atoms with Crippen LogP contribution in [0, 0.1) is 5.92 Å². The van der Waals surface area contributed by atoms with Crippen LogP contribution in [0.5, 0.6) is 0 Å². The van der Waals surface area contributed by atoms with Crippen molar-refractivity contribution in [2.24, 2.45) is 18.7 Å². The van der Waals surface area contributed by atoms with E-state index in [1.54, 1.807) is 10.9 Å². The molecule has 0 saturated carbocycles. The normalized spacial score (nSPS) is 17.6. The minimum atomic E-state index is -0.769. The van der Waals surface area contributed by atoms with E-state index in [9.17, 15) is 9.90 Å². The first-order valence-electron chi connectivity index (χ1n) is 8.35. The molecule has 8 nitrogen and oxygen atoms in total. The predicted octanol–water partition coefficient (Wildman–Crippen LogP) is 0.888. The molecular weight excluding hydrogens is 320 g/mol. The minimum Gasteiger partial charge on any atom is -0.374 e. The average Bonchev–Trinajstić information content (AvgIpc) is 3.12. The van der Waals surface area contributed by atoms with E-state index >= 15 is 0 Å². The number of aryl methyl sites for hydroxylation is 1. The Morgan fingerprint density at radius 3 is 2.92 bits per heavy atom. The Hall–Kier alpha value is -2.45. The fourth-order valence-electron chi connectivity index (χ4n) is 3.10. The molecule has 1 amide bonds. The van der Waals surface area contributed by atoms with E-state index in [1.807, 2.05) is 33.2 Å². The maximum atomic E-state index is 11.7. The third-order valence-electron chi connectivity index (χ3n) is 4.25. The number of fused-ring (bicyclic) bond motifs is 1. The van der Waals surface area contributed by atoms with Crippen molar-refractivity contribution in [3.63, 3.8) is 0 Å². The molecule has 3 heterocycles. The summed E-state index contributed by atoms with van der Waals surface area (Å²) in [4.78, 5) is 16.4. The van der Waals surface area contributed by atoms with Crippen molar-refractivity contribution < 1.29 is 9.90 Å². The Morgan fingerprint density at radius 1 is 1.56 bits per heavy atom. The number of pyridine rings is 1. The fraction of sp³-hybridized carbons (Fsp3) is 0.471. The molecule has 0 aromatic carbocycles. The van der Waals surface area contributed by atoms with Crippen LogP contribution < -0.4 is 16.4 Å². The summed E-state index contributed by atoms with van der Waals surface area (Å²) in [6.45, 7) is 4.61. The molecule has 3 rings (SSSR count). The van der Waals surface area contributed by atoms with Gasteiger partial charge in [0.2, 0.25) is 5.91 Å². The van der Waals surface area contributed by atoms with E-state index in [4.69, 9.17) is 5.73 Å². The van der Waals surface area contributed by atoms with Gasteiger partial charge in [-0.05, 0) is 24.0 Å². The lowest BCUT2D eigenvalue weighted by molar-refractivity contribution is -0.119. The molecule has 0 fully saturated rings. The van der Waals surface area contributed by atoms with E-state index in [1.165, 1.54) is 0 Å². The number of aliphatic hydroxyl groups is 1. The van der Waals surface area contributed by atoms with Crippen molar-refractivity contribution in [2.75, 3.05) is 5.32 Å². The molecule has 0 bridgehead atoms. The van der Waals surface area contributed by atoms with Crippen LogP contribution in [0.1, 0.15) is 37.6 Å². The molecule has 134 valence electrons. The summed E-state index contributed by atoms with van der Waals surface area (Å²) in [5.41, 5.74) is 8.68. The van der Waals surface area contributed by atoms with Crippen molar-refractivity contribution in [2.45, 2.75) is 39.1 Å². The highest BCUT2D eigenvalue weighted by molar-refractivity contribution is 5.83. The molecule has 0 saturated heterocycles. The highest BCUT2D eigenvalue weighted by atomic mass is 16.3. The monoisotopic (exact) mass is 344 g/mol. The molecule has 0 radical (unpaired) electrons.